The third kappa shape index (κ3) is 5.75. The second-order valence-corrected chi connectivity index (χ2v) is 14.0. The van der Waals surface area contributed by atoms with E-state index in [0.717, 1.165) is 22.6 Å². The molecule has 0 atom stereocenters. The number of anilines is 3. The first-order valence-corrected chi connectivity index (χ1v) is 18.9. The highest BCUT2D eigenvalue weighted by molar-refractivity contribution is 6.24. The van der Waals surface area contributed by atoms with E-state index in [1.54, 1.807) is 0 Å². The van der Waals surface area contributed by atoms with Crippen molar-refractivity contribution >= 4 is 49.4 Å². The maximum absolute atomic E-state index is 2.54. The zero-order valence-corrected chi connectivity index (χ0v) is 30.3. The number of hydrogen-bond donors (Lipinski definition) is 0. The Morgan fingerprint density at radius 1 is 0.273 bits per heavy atom. The monoisotopic (exact) mass is 699 g/mol. The summed E-state index contributed by atoms with van der Waals surface area (Å²) in [5.74, 6) is 0. The Balaban J connectivity index is 1.38. The number of hydrogen-bond acceptors (Lipinski definition) is 1. The van der Waals surface area contributed by atoms with Gasteiger partial charge in [0, 0.05) is 22.2 Å². The van der Waals surface area contributed by atoms with Gasteiger partial charge >= 0.3 is 0 Å². The van der Waals surface area contributed by atoms with Crippen LogP contribution in [0.5, 0.6) is 0 Å². The number of nitrogens with zero attached hydrogens (tertiary/aromatic N) is 1. The predicted octanol–water partition coefficient (Wildman–Crippen LogP) is 15.3. The highest BCUT2D eigenvalue weighted by Gasteiger charge is 2.27. The van der Waals surface area contributed by atoms with Crippen molar-refractivity contribution in [1.29, 1.82) is 0 Å². The largest absolute Gasteiger partial charge is 0.309 e. The summed E-state index contributed by atoms with van der Waals surface area (Å²) in [7, 11) is 0. The fourth-order valence-corrected chi connectivity index (χ4v) is 8.39. The molecule has 0 aliphatic heterocycles. The lowest BCUT2D eigenvalue weighted by atomic mass is 9.87. The van der Waals surface area contributed by atoms with Gasteiger partial charge in [-0.1, -0.05) is 206 Å². The zero-order valence-electron chi connectivity index (χ0n) is 30.3. The first-order valence-electron chi connectivity index (χ1n) is 18.9. The van der Waals surface area contributed by atoms with E-state index in [-0.39, 0.29) is 0 Å². The van der Waals surface area contributed by atoms with Crippen molar-refractivity contribution in [3.05, 3.63) is 224 Å². The zero-order chi connectivity index (χ0) is 36.6. The van der Waals surface area contributed by atoms with Crippen LogP contribution in [-0.2, 0) is 0 Å². The van der Waals surface area contributed by atoms with E-state index in [0.29, 0.717) is 0 Å². The number of fused-ring (bicyclic) bond motifs is 4. The van der Waals surface area contributed by atoms with Crippen LogP contribution in [0.3, 0.4) is 0 Å². The molecule has 0 saturated heterocycles. The Morgan fingerprint density at radius 2 is 0.745 bits per heavy atom. The molecular formula is C54H37N. The van der Waals surface area contributed by atoms with Crippen LogP contribution >= 0.6 is 0 Å². The molecule has 10 rings (SSSR count). The molecule has 1 nitrogen and oxygen atoms in total. The molecule has 0 aromatic heterocycles. The van der Waals surface area contributed by atoms with Crippen LogP contribution in [0.25, 0.3) is 76.8 Å². The number of benzene rings is 10. The minimum atomic E-state index is 1.09. The van der Waals surface area contributed by atoms with Crippen LogP contribution in [0.15, 0.2) is 224 Å². The molecular weight excluding hydrogens is 663 g/mol. The molecule has 0 bridgehead atoms. The molecule has 0 amide bonds. The van der Waals surface area contributed by atoms with Gasteiger partial charge in [-0.05, 0) is 78.5 Å². The van der Waals surface area contributed by atoms with Crippen molar-refractivity contribution in [1.82, 2.24) is 0 Å². The lowest BCUT2D eigenvalue weighted by Crippen LogP contribution is -2.14. The molecule has 0 heterocycles. The molecule has 258 valence electrons. The van der Waals surface area contributed by atoms with E-state index >= 15 is 0 Å². The lowest BCUT2D eigenvalue weighted by molar-refractivity contribution is 1.30. The molecule has 0 radical (unpaired) electrons. The summed E-state index contributed by atoms with van der Waals surface area (Å²) < 4.78 is 0. The molecule has 0 spiro atoms. The third-order valence-corrected chi connectivity index (χ3v) is 10.8. The third-order valence-electron chi connectivity index (χ3n) is 10.8. The molecule has 0 unspecified atom stereocenters. The van der Waals surface area contributed by atoms with Crippen molar-refractivity contribution in [3.63, 3.8) is 0 Å². The van der Waals surface area contributed by atoms with Gasteiger partial charge in [-0.3, -0.25) is 0 Å². The highest BCUT2D eigenvalue weighted by atomic mass is 15.1. The molecule has 55 heavy (non-hydrogen) atoms. The summed E-state index contributed by atoms with van der Waals surface area (Å²) in [6.07, 6.45) is 0. The summed E-state index contributed by atoms with van der Waals surface area (Å²) in [4.78, 5) is 2.54. The standard InChI is InChI=1S/C54H37N/c1-4-19-38(20-5-1)44-36-35-42(37-51(44)41-23-8-3-9-24-41)55(52-34-17-16-28-45(52)40-21-6-2-7-22-40)54-50-32-15-13-30-47(50)46-29-12-14-31-49(46)53(54)48-33-18-26-39-25-10-11-27-43(39)48/h1-37H. The van der Waals surface area contributed by atoms with Crippen molar-refractivity contribution in [2.75, 3.05) is 4.90 Å². The summed E-state index contributed by atoms with van der Waals surface area (Å²) >= 11 is 0. The highest BCUT2D eigenvalue weighted by Crippen LogP contribution is 2.53. The molecule has 0 fully saturated rings. The molecule has 1 heteroatoms. The first kappa shape index (κ1) is 32.4. The number of para-hydroxylation sites is 1. The quantitative estimate of drug-likeness (QED) is 0.150. The first-order chi connectivity index (χ1) is 27.3. The second-order valence-electron chi connectivity index (χ2n) is 14.0. The minimum Gasteiger partial charge on any atom is -0.309 e. The Morgan fingerprint density at radius 3 is 1.44 bits per heavy atom. The number of rotatable bonds is 7. The van der Waals surface area contributed by atoms with Gasteiger partial charge in [0.2, 0.25) is 0 Å². The fraction of sp³-hybridized carbons (Fsp3) is 0. The summed E-state index contributed by atoms with van der Waals surface area (Å²) in [6.45, 7) is 0. The topological polar surface area (TPSA) is 3.24 Å². The van der Waals surface area contributed by atoms with E-state index in [4.69, 9.17) is 0 Å². The Bertz CT molecular complexity index is 2960. The minimum absolute atomic E-state index is 1.09. The van der Waals surface area contributed by atoms with E-state index in [1.165, 1.54) is 71.3 Å². The lowest BCUT2D eigenvalue weighted by Gasteiger charge is -2.33. The van der Waals surface area contributed by atoms with Gasteiger partial charge in [0.1, 0.15) is 0 Å². The van der Waals surface area contributed by atoms with Gasteiger partial charge in [0.05, 0.1) is 11.4 Å². The normalized spacial score (nSPS) is 11.3. The molecule has 0 N–H and O–H groups in total. The summed E-state index contributed by atoms with van der Waals surface area (Å²) in [5, 5.41) is 7.33. The van der Waals surface area contributed by atoms with Crippen molar-refractivity contribution < 1.29 is 0 Å². The van der Waals surface area contributed by atoms with Gasteiger partial charge in [0.25, 0.3) is 0 Å². The molecule has 0 aliphatic carbocycles. The fourth-order valence-electron chi connectivity index (χ4n) is 8.39. The van der Waals surface area contributed by atoms with Crippen molar-refractivity contribution in [3.8, 4) is 44.5 Å². The van der Waals surface area contributed by atoms with Gasteiger partial charge < -0.3 is 4.90 Å². The van der Waals surface area contributed by atoms with Crippen LogP contribution in [0.1, 0.15) is 0 Å². The molecule has 0 saturated carbocycles. The Labute approximate surface area is 322 Å². The average molecular weight is 700 g/mol. The van der Waals surface area contributed by atoms with Crippen LogP contribution in [-0.4, -0.2) is 0 Å². The van der Waals surface area contributed by atoms with E-state index < -0.39 is 0 Å². The van der Waals surface area contributed by atoms with Crippen molar-refractivity contribution in [2.45, 2.75) is 0 Å². The second kappa shape index (κ2) is 14.0. The average Bonchev–Trinajstić information content (AvgIpc) is 3.27. The molecule has 10 aromatic carbocycles. The predicted molar refractivity (Wildman–Crippen MR) is 235 cm³/mol. The van der Waals surface area contributed by atoms with Gasteiger partial charge in [-0.2, -0.15) is 0 Å². The Kier molecular flexibility index (Phi) is 8.24. The maximum Gasteiger partial charge on any atom is 0.0625 e. The van der Waals surface area contributed by atoms with Crippen LogP contribution < -0.4 is 4.90 Å². The van der Waals surface area contributed by atoms with E-state index in [1.807, 2.05) is 0 Å². The SMILES string of the molecule is c1ccc(-c2ccc(N(c3ccccc3-c3ccccc3)c3c(-c4cccc5ccccc45)c4ccccc4c4ccccc34)cc2-c2ccccc2)cc1. The van der Waals surface area contributed by atoms with Crippen LogP contribution in [0.4, 0.5) is 17.1 Å². The Hall–Kier alpha value is -7.22. The van der Waals surface area contributed by atoms with Crippen LogP contribution in [0.2, 0.25) is 0 Å². The smallest absolute Gasteiger partial charge is 0.0625 e. The van der Waals surface area contributed by atoms with Gasteiger partial charge in [-0.25, -0.2) is 0 Å². The van der Waals surface area contributed by atoms with Gasteiger partial charge in [-0.15, -0.1) is 0 Å². The summed E-state index contributed by atoms with van der Waals surface area (Å²) in [5.41, 5.74) is 12.9. The maximum atomic E-state index is 2.54. The van der Waals surface area contributed by atoms with Gasteiger partial charge in [0.15, 0.2) is 0 Å². The summed E-state index contributed by atoms with van der Waals surface area (Å²) in [6, 6.07) is 81.6. The molecule has 0 aliphatic rings. The van der Waals surface area contributed by atoms with E-state index in [2.05, 4.69) is 229 Å². The van der Waals surface area contributed by atoms with E-state index in [9.17, 15) is 0 Å². The van der Waals surface area contributed by atoms with Crippen molar-refractivity contribution in [2.24, 2.45) is 0 Å². The van der Waals surface area contributed by atoms with Crippen LogP contribution in [0, 0.1) is 0 Å². The molecule has 10 aromatic rings.